The normalized spacial score (nSPS) is 31.0. The monoisotopic (exact) mass is 311 g/mol. The number of unbranched alkanes of at least 4 members (excludes halogenated alkanes) is 3. The second-order valence-corrected chi connectivity index (χ2v) is 6.66. The number of esters is 2. The second-order valence-electron chi connectivity index (χ2n) is 6.66. The van der Waals surface area contributed by atoms with Gasteiger partial charge in [-0.1, -0.05) is 26.2 Å². The van der Waals surface area contributed by atoms with Crippen molar-refractivity contribution in [3.63, 3.8) is 0 Å². The van der Waals surface area contributed by atoms with E-state index in [2.05, 4.69) is 18.9 Å². The van der Waals surface area contributed by atoms with Gasteiger partial charge in [-0.2, -0.15) is 0 Å². The molecule has 4 atom stereocenters. The first-order chi connectivity index (χ1) is 10.5. The Morgan fingerprint density at radius 3 is 2.55 bits per heavy atom. The highest BCUT2D eigenvalue weighted by molar-refractivity contribution is 5.69. The SMILES string of the molecule is CCCCCCC(=O)O[C@H]1C[C@H]2C[C@H](OC(C)=O)[C@@H](C1)N2C. The Labute approximate surface area is 133 Å². The molecule has 0 radical (unpaired) electrons. The summed E-state index contributed by atoms with van der Waals surface area (Å²) >= 11 is 0. The zero-order valence-corrected chi connectivity index (χ0v) is 14.0. The molecule has 0 N–H and O–H groups in total. The zero-order chi connectivity index (χ0) is 16.1. The molecule has 126 valence electrons. The van der Waals surface area contributed by atoms with Gasteiger partial charge in [-0.15, -0.1) is 0 Å². The third-order valence-corrected chi connectivity index (χ3v) is 4.92. The number of hydrogen-bond donors (Lipinski definition) is 0. The number of hydrogen-bond acceptors (Lipinski definition) is 5. The van der Waals surface area contributed by atoms with Crippen molar-refractivity contribution in [2.24, 2.45) is 0 Å². The zero-order valence-electron chi connectivity index (χ0n) is 14.0. The van der Waals surface area contributed by atoms with Crippen molar-refractivity contribution in [1.82, 2.24) is 4.90 Å². The summed E-state index contributed by atoms with van der Waals surface area (Å²) in [6.45, 7) is 3.61. The van der Waals surface area contributed by atoms with Crippen LogP contribution in [0, 0.1) is 0 Å². The number of rotatable bonds is 7. The van der Waals surface area contributed by atoms with Gasteiger partial charge < -0.3 is 9.47 Å². The highest BCUT2D eigenvalue weighted by Crippen LogP contribution is 2.37. The summed E-state index contributed by atoms with van der Waals surface area (Å²) in [5.41, 5.74) is 0. The lowest BCUT2D eigenvalue weighted by molar-refractivity contribution is -0.155. The standard InChI is InChI=1S/C17H29NO4/c1-4-5-6-7-8-17(20)22-14-9-13-10-16(21-12(2)19)15(11-14)18(13)3/h13-16H,4-11H2,1-3H3/t13-,14-,15+,16-/m0/s1. The lowest BCUT2D eigenvalue weighted by Gasteiger charge is -2.36. The first kappa shape index (κ1) is 17.3. The van der Waals surface area contributed by atoms with Crippen LogP contribution in [0.2, 0.25) is 0 Å². The molecule has 0 aliphatic carbocycles. The van der Waals surface area contributed by atoms with Crippen LogP contribution in [0.3, 0.4) is 0 Å². The van der Waals surface area contributed by atoms with Crippen LogP contribution in [0.15, 0.2) is 0 Å². The minimum absolute atomic E-state index is 0.0227. The van der Waals surface area contributed by atoms with Crippen molar-refractivity contribution in [2.75, 3.05) is 7.05 Å². The van der Waals surface area contributed by atoms with Gasteiger partial charge in [-0.05, 0) is 13.5 Å². The van der Waals surface area contributed by atoms with E-state index in [1.165, 1.54) is 19.8 Å². The van der Waals surface area contributed by atoms with Crippen LogP contribution in [0.25, 0.3) is 0 Å². The summed E-state index contributed by atoms with van der Waals surface area (Å²) < 4.78 is 11.1. The van der Waals surface area contributed by atoms with Gasteiger partial charge in [-0.3, -0.25) is 14.5 Å². The molecule has 5 heteroatoms. The Morgan fingerprint density at radius 1 is 1.09 bits per heavy atom. The van der Waals surface area contributed by atoms with E-state index >= 15 is 0 Å². The molecular weight excluding hydrogens is 282 g/mol. The van der Waals surface area contributed by atoms with Crippen LogP contribution in [0.5, 0.6) is 0 Å². The van der Waals surface area contributed by atoms with E-state index in [0.717, 1.165) is 32.1 Å². The van der Waals surface area contributed by atoms with Gasteiger partial charge in [0.15, 0.2) is 0 Å². The highest BCUT2D eigenvalue weighted by atomic mass is 16.6. The van der Waals surface area contributed by atoms with Crippen molar-refractivity contribution in [2.45, 2.75) is 89.5 Å². The van der Waals surface area contributed by atoms with Crippen molar-refractivity contribution < 1.29 is 19.1 Å². The maximum Gasteiger partial charge on any atom is 0.306 e. The van der Waals surface area contributed by atoms with Gasteiger partial charge in [0.1, 0.15) is 12.2 Å². The molecule has 0 unspecified atom stereocenters. The molecule has 0 amide bonds. The third-order valence-electron chi connectivity index (χ3n) is 4.92. The highest BCUT2D eigenvalue weighted by Gasteiger charge is 2.47. The minimum atomic E-state index is -0.226. The van der Waals surface area contributed by atoms with E-state index in [-0.39, 0.29) is 30.2 Å². The molecule has 2 fully saturated rings. The van der Waals surface area contributed by atoms with Gasteiger partial charge in [-0.25, -0.2) is 0 Å². The smallest absolute Gasteiger partial charge is 0.306 e. The average Bonchev–Trinajstić information content (AvgIpc) is 2.62. The van der Waals surface area contributed by atoms with E-state index in [1.54, 1.807) is 0 Å². The summed E-state index contributed by atoms with van der Waals surface area (Å²) in [7, 11) is 2.07. The Kier molecular flexibility index (Phi) is 6.24. The summed E-state index contributed by atoms with van der Waals surface area (Å²) in [6, 6.07) is 0.529. The first-order valence-electron chi connectivity index (χ1n) is 8.59. The molecule has 0 aromatic carbocycles. The second kappa shape index (κ2) is 7.95. The molecular formula is C17H29NO4. The molecule has 5 nitrogen and oxygen atoms in total. The number of likely N-dealkylation sites (N-methyl/N-ethyl adjacent to an activating group) is 1. The molecule has 0 spiro atoms. The van der Waals surface area contributed by atoms with E-state index < -0.39 is 0 Å². The van der Waals surface area contributed by atoms with Crippen LogP contribution >= 0.6 is 0 Å². The fraction of sp³-hybridized carbons (Fsp3) is 0.882. The van der Waals surface area contributed by atoms with E-state index in [4.69, 9.17) is 9.47 Å². The number of piperidine rings is 1. The van der Waals surface area contributed by atoms with Crippen LogP contribution in [-0.2, 0) is 19.1 Å². The molecule has 2 heterocycles. The number of carbonyl (C=O) groups is 2. The molecule has 2 aliphatic heterocycles. The van der Waals surface area contributed by atoms with Gasteiger partial charge in [0.05, 0.1) is 6.04 Å². The van der Waals surface area contributed by atoms with Crippen LogP contribution in [0.1, 0.15) is 65.2 Å². The summed E-state index contributed by atoms with van der Waals surface area (Å²) in [5, 5.41) is 0. The molecule has 2 saturated heterocycles. The molecule has 2 rings (SSSR count). The molecule has 2 aliphatic rings. The molecule has 0 aromatic heterocycles. The maximum atomic E-state index is 11.9. The van der Waals surface area contributed by atoms with Gasteiger partial charge >= 0.3 is 11.9 Å². The van der Waals surface area contributed by atoms with Crippen molar-refractivity contribution in [1.29, 1.82) is 0 Å². The van der Waals surface area contributed by atoms with Crippen LogP contribution in [0.4, 0.5) is 0 Å². The van der Waals surface area contributed by atoms with E-state index in [9.17, 15) is 9.59 Å². The number of ether oxygens (including phenoxy) is 2. The number of nitrogens with zero attached hydrogens (tertiary/aromatic N) is 1. The van der Waals surface area contributed by atoms with Crippen molar-refractivity contribution in [3.8, 4) is 0 Å². The molecule has 0 saturated carbocycles. The topological polar surface area (TPSA) is 55.8 Å². The van der Waals surface area contributed by atoms with Crippen LogP contribution < -0.4 is 0 Å². The predicted octanol–water partition coefficient (Wildman–Crippen LogP) is 2.67. The van der Waals surface area contributed by atoms with Crippen molar-refractivity contribution in [3.05, 3.63) is 0 Å². The summed E-state index contributed by atoms with van der Waals surface area (Å²) in [6.07, 6.45) is 7.28. The molecule has 0 aromatic rings. The quantitative estimate of drug-likeness (QED) is 0.534. The average molecular weight is 311 g/mol. The van der Waals surface area contributed by atoms with Gasteiger partial charge in [0.25, 0.3) is 0 Å². The van der Waals surface area contributed by atoms with Crippen molar-refractivity contribution >= 4 is 11.9 Å². The van der Waals surface area contributed by atoms with Gasteiger partial charge in [0.2, 0.25) is 0 Å². The molecule has 2 bridgehead atoms. The largest absolute Gasteiger partial charge is 0.462 e. The Morgan fingerprint density at radius 2 is 1.86 bits per heavy atom. The summed E-state index contributed by atoms with van der Waals surface area (Å²) in [4.78, 5) is 25.4. The minimum Gasteiger partial charge on any atom is -0.462 e. The lowest BCUT2D eigenvalue weighted by Crippen LogP contribution is -2.46. The van der Waals surface area contributed by atoms with Gasteiger partial charge in [0, 0.05) is 38.6 Å². The molecule has 22 heavy (non-hydrogen) atoms. The maximum absolute atomic E-state index is 11.9. The van der Waals surface area contributed by atoms with E-state index in [0.29, 0.717) is 12.5 Å². The number of fused-ring (bicyclic) bond motifs is 2. The van der Waals surface area contributed by atoms with Crippen LogP contribution in [-0.4, -0.2) is 48.2 Å². The Bertz CT molecular complexity index is 398. The third kappa shape index (κ3) is 4.45. The fourth-order valence-corrected chi connectivity index (χ4v) is 3.75. The fourth-order valence-electron chi connectivity index (χ4n) is 3.75. The number of carbonyl (C=O) groups excluding carboxylic acids is 2. The van der Waals surface area contributed by atoms with E-state index in [1.807, 2.05) is 0 Å². The lowest BCUT2D eigenvalue weighted by atomic mass is 10.00. The Hall–Kier alpha value is -1.10. The Balaban J connectivity index is 1.78. The predicted molar refractivity (Wildman–Crippen MR) is 83.4 cm³/mol. The summed E-state index contributed by atoms with van der Waals surface area (Å²) in [5.74, 6) is -0.301. The first-order valence-corrected chi connectivity index (χ1v) is 8.59.